The highest BCUT2D eigenvalue weighted by Gasteiger charge is 2.39. The highest BCUT2D eigenvalue weighted by Crippen LogP contribution is 2.35. The normalized spacial score (nSPS) is 18.0. The van der Waals surface area contributed by atoms with Gasteiger partial charge in [-0.2, -0.15) is 0 Å². The molecule has 0 amide bonds. The first-order valence-corrected chi connectivity index (χ1v) is 8.35. The molecular weight excluding hydrogens is 298 g/mol. The van der Waals surface area contributed by atoms with E-state index in [1.54, 1.807) is 0 Å². The average Bonchev–Trinajstić information content (AvgIpc) is 2.30. The number of hydrogen-bond acceptors (Lipinski definition) is 4. The van der Waals surface area contributed by atoms with Gasteiger partial charge in [-0.25, -0.2) is 13.1 Å². The van der Waals surface area contributed by atoms with Crippen molar-refractivity contribution in [1.82, 2.24) is 9.62 Å². The molecule has 1 aromatic rings. The van der Waals surface area contributed by atoms with E-state index in [0.717, 1.165) is 19.3 Å². The Hall–Kier alpha value is -0.820. The van der Waals surface area contributed by atoms with E-state index in [2.05, 4.69) is 9.62 Å². The summed E-state index contributed by atoms with van der Waals surface area (Å²) < 4.78 is 27.2. The number of likely N-dealkylation sites (N-methyl/N-ethyl adjacent to an activating group) is 1. The summed E-state index contributed by atoms with van der Waals surface area (Å²) in [6, 6.07) is 4.34. The van der Waals surface area contributed by atoms with Crippen LogP contribution in [0.25, 0.3) is 0 Å². The first-order valence-electron chi connectivity index (χ1n) is 6.49. The maximum atomic E-state index is 12.3. The number of halogens is 1. The quantitative estimate of drug-likeness (QED) is 0.810. The van der Waals surface area contributed by atoms with E-state index in [4.69, 9.17) is 17.3 Å². The molecule has 1 aromatic carbocycles. The summed E-state index contributed by atoms with van der Waals surface area (Å²) in [7, 11) is 0.402. The Labute approximate surface area is 125 Å². The van der Waals surface area contributed by atoms with Crippen molar-refractivity contribution in [1.29, 1.82) is 0 Å². The topological polar surface area (TPSA) is 75.4 Å². The molecule has 0 spiro atoms. The summed E-state index contributed by atoms with van der Waals surface area (Å²) in [4.78, 5) is 2.24. The summed E-state index contributed by atoms with van der Waals surface area (Å²) in [5.74, 6) is 0. The fourth-order valence-corrected chi connectivity index (χ4v) is 3.64. The summed E-state index contributed by atoms with van der Waals surface area (Å²) in [6.45, 7) is 0.408. The molecule has 0 saturated heterocycles. The monoisotopic (exact) mass is 317 g/mol. The molecule has 1 saturated carbocycles. The van der Waals surface area contributed by atoms with E-state index in [0.29, 0.717) is 11.6 Å². The standard InChI is InChI=1S/C13H20ClN3O2S/c1-17(2)13(6-3-7-13)9-16-20(18,19)10-4-5-11(14)12(15)8-10/h4-5,8,16H,3,6-7,9,15H2,1-2H3. The number of hydrogen-bond donors (Lipinski definition) is 2. The molecule has 7 heteroatoms. The van der Waals surface area contributed by atoms with Crippen molar-refractivity contribution >= 4 is 27.3 Å². The van der Waals surface area contributed by atoms with Crippen LogP contribution in [0.4, 0.5) is 5.69 Å². The third-order valence-electron chi connectivity index (χ3n) is 4.10. The van der Waals surface area contributed by atoms with Crippen LogP contribution in [0, 0.1) is 0 Å². The van der Waals surface area contributed by atoms with Crippen LogP contribution in [0.2, 0.25) is 5.02 Å². The van der Waals surface area contributed by atoms with Crippen molar-refractivity contribution in [3.05, 3.63) is 23.2 Å². The van der Waals surface area contributed by atoms with E-state index < -0.39 is 10.0 Å². The van der Waals surface area contributed by atoms with Gasteiger partial charge in [0, 0.05) is 12.1 Å². The molecule has 112 valence electrons. The molecule has 1 aliphatic rings. The van der Waals surface area contributed by atoms with E-state index in [9.17, 15) is 8.42 Å². The first kappa shape index (κ1) is 15.6. The number of nitrogens with zero attached hydrogens (tertiary/aromatic N) is 1. The van der Waals surface area contributed by atoms with E-state index in [1.807, 2.05) is 14.1 Å². The Balaban J connectivity index is 2.13. The van der Waals surface area contributed by atoms with Gasteiger partial charge < -0.3 is 10.6 Å². The molecule has 0 heterocycles. The lowest BCUT2D eigenvalue weighted by Gasteiger charge is -2.47. The molecule has 20 heavy (non-hydrogen) atoms. The summed E-state index contributed by atoms with van der Waals surface area (Å²) in [5, 5.41) is 0.354. The Morgan fingerprint density at radius 1 is 1.40 bits per heavy atom. The van der Waals surface area contributed by atoms with Crippen molar-refractivity contribution in [2.45, 2.75) is 29.7 Å². The number of rotatable bonds is 5. The number of anilines is 1. The molecule has 0 aromatic heterocycles. The summed E-state index contributed by atoms with van der Waals surface area (Å²) in [6.07, 6.45) is 3.14. The predicted molar refractivity (Wildman–Crippen MR) is 81.3 cm³/mol. The molecule has 3 N–H and O–H groups in total. The van der Waals surface area contributed by atoms with Gasteiger partial charge in [-0.15, -0.1) is 0 Å². The Kier molecular flexibility index (Phi) is 4.30. The van der Waals surface area contributed by atoms with Crippen LogP contribution in [0.5, 0.6) is 0 Å². The van der Waals surface area contributed by atoms with Crippen LogP contribution in [0.15, 0.2) is 23.1 Å². The number of benzene rings is 1. The molecule has 0 radical (unpaired) electrons. The molecule has 0 unspecified atom stereocenters. The van der Waals surface area contributed by atoms with Crippen molar-refractivity contribution < 1.29 is 8.42 Å². The number of sulfonamides is 1. The van der Waals surface area contributed by atoms with Crippen LogP contribution in [-0.4, -0.2) is 39.5 Å². The lowest BCUT2D eigenvalue weighted by molar-refractivity contribution is 0.0657. The lowest BCUT2D eigenvalue weighted by Crippen LogP contribution is -2.57. The Morgan fingerprint density at radius 2 is 2.05 bits per heavy atom. The minimum absolute atomic E-state index is 0.0644. The Morgan fingerprint density at radius 3 is 2.50 bits per heavy atom. The lowest BCUT2D eigenvalue weighted by atomic mass is 9.76. The third kappa shape index (κ3) is 2.93. The highest BCUT2D eigenvalue weighted by atomic mass is 35.5. The zero-order valence-corrected chi connectivity index (χ0v) is 13.3. The second-order valence-electron chi connectivity index (χ2n) is 5.48. The van der Waals surface area contributed by atoms with Crippen LogP contribution >= 0.6 is 11.6 Å². The molecule has 1 aliphatic carbocycles. The zero-order chi connectivity index (χ0) is 15.0. The van der Waals surface area contributed by atoms with Gasteiger partial charge in [0.05, 0.1) is 15.6 Å². The van der Waals surface area contributed by atoms with E-state index >= 15 is 0 Å². The number of nitrogens with two attached hydrogens (primary N) is 1. The van der Waals surface area contributed by atoms with Crippen LogP contribution in [0.3, 0.4) is 0 Å². The molecular formula is C13H20ClN3O2S. The number of nitrogens with one attached hydrogen (secondary N) is 1. The van der Waals surface area contributed by atoms with Gasteiger partial charge in [-0.1, -0.05) is 11.6 Å². The second-order valence-corrected chi connectivity index (χ2v) is 7.65. The second kappa shape index (κ2) is 5.52. The minimum atomic E-state index is -3.56. The smallest absolute Gasteiger partial charge is 0.240 e. The van der Waals surface area contributed by atoms with Gasteiger partial charge in [0.2, 0.25) is 10.0 Å². The minimum Gasteiger partial charge on any atom is -0.397 e. The molecule has 1 fully saturated rings. The molecule has 0 bridgehead atoms. The van der Waals surface area contributed by atoms with Crippen LogP contribution in [-0.2, 0) is 10.0 Å². The van der Waals surface area contributed by atoms with Crippen LogP contribution < -0.4 is 10.5 Å². The summed E-state index contributed by atoms with van der Waals surface area (Å²) in [5.41, 5.74) is 5.85. The SMILES string of the molecule is CN(C)C1(CNS(=O)(=O)c2ccc(Cl)c(N)c2)CCC1. The Bertz CT molecular complexity index is 598. The van der Waals surface area contributed by atoms with Gasteiger partial charge >= 0.3 is 0 Å². The summed E-state index contributed by atoms with van der Waals surface area (Å²) >= 11 is 5.81. The molecule has 5 nitrogen and oxygen atoms in total. The highest BCUT2D eigenvalue weighted by molar-refractivity contribution is 7.89. The van der Waals surface area contributed by atoms with Crippen molar-refractivity contribution in [3.8, 4) is 0 Å². The van der Waals surface area contributed by atoms with Gasteiger partial charge in [0.1, 0.15) is 0 Å². The van der Waals surface area contributed by atoms with Gasteiger partial charge in [0.15, 0.2) is 0 Å². The fraction of sp³-hybridized carbons (Fsp3) is 0.538. The number of nitrogen functional groups attached to an aromatic ring is 1. The molecule has 0 aliphatic heterocycles. The largest absolute Gasteiger partial charge is 0.397 e. The maximum absolute atomic E-state index is 12.3. The molecule has 0 atom stereocenters. The van der Waals surface area contributed by atoms with E-state index in [-0.39, 0.29) is 16.1 Å². The fourth-order valence-electron chi connectivity index (χ4n) is 2.37. The van der Waals surface area contributed by atoms with Crippen molar-refractivity contribution in [2.75, 3.05) is 26.4 Å². The van der Waals surface area contributed by atoms with Crippen LogP contribution in [0.1, 0.15) is 19.3 Å². The zero-order valence-electron chi connectivity index (χ0n) is 11.7. The van der Waals surface area contributed by atoms with Gasteiger partial charge in [-0.3, -0.25) is 0 Å². The maximum Gasteiger partial charge on any atom is 0.240 e. The molecule has 2 rings (SSSR count). The first-order chi connectivity index (χ1) is 9.27. The van der Waals surface area contributed by atoms with Gasteiger partial charge in [-0.05, 0) is 51.6 Å². The van der Waals surface area contributed by atoms with Crippen molar-refractivity contribution in [2.24, 2.45) is 0 Å². The van der Waals surface area contributed by atoms with E-state index in [1.165, 1.54) is 18.2 Å². The van der Waals surface area contributed by atoms with Gasteiger partial charge in [0.25, 0.3) is 0 Å². The van der Waals surface area contributed by atoms with Crippen molar-refractivity contribution in [3.63, 3.8) is 0 Å². The average molecular weight is 318 g/mol. The predicted octanol–water partition coefficient (Wildman–Crippen LogP) is 1.68. The third-order valence-corrected chi connectivity index (χ3v) is 5.85.